The Balaban J connectivity index is 2.30. The lowest BCUT2D eigenvalue weighted by molar-refractivity contribution is 0.0104. The van der Waals surface area contributed by atoms with Crippen molar-refractivity contribution in [2.75, 3.05) is 14.1 Å². The van der Waals surface area contributed by atoms with Crippen molar-refractivity contribution in [1.82, 2.24) is 4.90 Å². The fraction of sp³-hybridized carbons (Fsp3) is 1.00. The van der Waals surface area contributed by atoms with Crippen LogP contribution in [0.2, 0.25) is 0 Å². The maximum absolute atomic E-state index is 9.98. The predicted molar refractivity (Wildman–Crippen MR) is 55.7 cm³/mol. The first-order valence-corrected chi connectivity index (χ1v) is 5.30. The van der Waals surface area contributed by atoms with E-state index in [-0.39, 0.29) is 11.6 Å². The van der Waals surface area contributed by atoms with Gasteiger partial charge < -0.3 is 10.0 Å². The van der Waals surface area contributed by atoms with E-state index in [9.17, 15) is 5.11 Å². The summed E-state index contributed by atoms with van der Waals surface area (Å²) in [5, 5.41) is 9.98. The minimum absolute atomic E-state index is 0.0884. The van der Waals surface area contributed by atoms with E-state index in [2.05, 4.69) is 18.7 Å². The molecule has 1 rings (SSSR count). The lowest BCUT2D eigenvalue weighted by atomic mass is 9.92. The summed E-state index contributed by atoms with van der Waals surface area (Å²) in [6, 6.07) is 0. The molecule has 0 heterocycles. The summed E-state index contributed by atoms with van der Waals surface area (Å²) in [7, 11) is 4.06. The molecule has 1 unspecified atom stereocenters. The molecule has 2 nitrogen and oxygen atoms in total. The average Bonchev–Trinajstić information content (AvgIpc) is 2.82. The molecule has 13 heavy (non-hydrogen) atoms. The van der Waals surface area contributed by atoms with Crippen LogP contribution < -0.4 is 0 Å². The highest BCUT2D eigenvalue weighted by Crippen LogP contribution is 2.35. The van der Waals surface area contributed by atoms with Crippen LogP contribution >= 0.6 is 0 Å². The molecule has 1 saturated carbocycles. The van der Waals surface area contributed by atoms with E-state index < -0.39 is 0 Å². The molecule has 1 aliphatic rings. The second kappa shape index (κ2) is 3.97. The quantitative estimate of drug-likeness (QED) is 0.707. The summed E-state index contributed by atoms with van der Waals surface area (Å²) in [4.78, 5) is 2.10. The van der Waals surface area contributed by atoms with Gasteiger partial charge in [-0.1, -0.05) is 12.8 Å². The Labute approximate surface area is 81.9 Å². The predicted octanol–water partition coefficient (Wildman–Crippen LogP) is 1.88. The number of hydrogen-bond donors (Lipinski definition) is 1. The van der Waals surface area contributed by atoms with Gasteiger partial charge in [0.1, 0.15) is 0 Å². The van der Waals surface area contributed by atoms with E-state index in [4.69, 9.17) is 0 Å². The van der Waals surface area contributed by atoms with Crippen molar-refractivity contribution in [3.8, 4) is 0 Å². The van der Waals surface area contributed by atoms with Crippen molar-refractivity contribution in [3.63, 3.8) is 0 Å². The monoisotopic (exact) mass is 185 g/mol. The van der Waals surface area contributed by atoms with Crippen molar-refractivity contribution in [2.45, 2.75) is 51.2 Å². The Kier molecular flexibility index (Phi) is 3.36. The van der Waals surface area contributed by atoms with Gasteiger partial charge in [0.05, 0.1) is 6.10 Å². The standard InChI is InChI=1S/C11H23NO/c1-11(2,12(3)4)10(13)8-7-9-5-6-9/h9-10,13H,5-8H2,1-4H3. The van der Waals surface area contributed by atoms with Gasteiger partial charge in [0.15, 0.2) is 0 Å². The van der Waals surface area contributed by atoms with E-state index in [1.165, 1.54) is 19.3 Å². The number of hydrogen-bond acceptors (Lipinski definition) is 2. The van der Waals surface area contributed by atoms with Gasteiger partial charge in [0.25, 0.3) is 0 Å². The van der Waals surface area contributed by atoms with Crippen LogP contribution in [0, 0.1) is 5.92 Å². The Morgan fingerprint density at radius 1 is 1.38 bits per heavy atom. The highest BCUT2D eigenvalue weighted by molar-refractivity contribution is 4.87. The maximum atomic E-state index is 9.98. The third-order valence-corrected chi connectivity index (χ3v) is 3.51. The topological polar surface area (TPSA) is 23.5 Å². The van der Waals surface area contributed by atoms with Gasteiger partial charge in [-0.3, -0.25) is 0 Å². The van der Waals surface area contributed by atoms with Crippen LogP contribution in [0.3, 0.4) is 0 Å². The molecule has 1 fully saturated rings. The first-order valence-electron chi connectivity index (χ1n) is 5.30. The van der Waals surface area contributed by atoms with Crippen LogP contribution in [0.4, 0.5) is 0 Å². The van der Waals surface area contributed by atoms with Crippen LogP contribution in [-0.2, 0) is 0 Å². The van der Waals surface area contributed by atoms with Gasteiger partial charge in [0, 0.05) is 5.54 Å². The minimum atomic E-state index is -0.192. The van der Waals surface area contributed by atoms with Crippen LogP contribution in [0.5, 0.6) is 0 Å². The summed E-state index contributed by atoms with van der Waals surface area (Å²) < 4.78 is 0. The highest BCUT2D eigenvalue weighted by Gasteiger charge is 2.31. The molecule has 0 aromatic rings. The van der Waals surface area contributed by atoms with Gasteiger partial charge in [-0.05, 0) is 46.7 Å². The lowest BCUT2D eigenvalue weighted by Gasteiger charge is -2.37. The second-order valence-corrected chi connectivity index (χ2v) is 5.08. The summed E-state index contributed by atoms with van der Waals surface area (Å²) in [5.74, 6) is 0.924. The molecule has 0 radical (unpaired) electrons. The number of aliphatic hydroxyl groups is 1. The molecular weight excluding hydrogens is 162 g/mol. The molecule has 0 aromatic heterocycles. The molecule has 0 bridgehead atoms. The first kappa shape index (κ1) is 11.0. The van der Waals surface area contributed by atoms with Gasteiger partial charge in [-0.15, -0.1) is 0 Å². The van der Waals surface area contributed by atoms with Gasteiger partial charge >= 0.3 is 0 Å². The molecule has 0 spiro atoms. The van der Waals surface area contributed by atoms with E-state index in [0.29, 0.717) is 0 Å². The van der Waals surface area contributed by atoms with Gasteiger partial charge in [0.2, 0.25) is 0 Å². The van der Waals surface area contributed by atoms with Crippen molar-refractivity contribution in [3.05, 3.63) is 0 Å². The van der Waals surface area contributed by atoms with Gasteiger partial charge in [-0.25, -0.2) is 0 Å². The van der Waals surface area contributed by atoms with Crippen molar-refractivity contribution < 1.29 is 5.11 Å². The molecule has 2 heteroatoms. The van der Waals surface area contributed by atoms with Crippen LogP contribution in [-0.4, -0.2) is 35.7 Å². The zero-order chi connectivity index (χ0) is 10.1. The molecule has 1 N–H and O–H groups in total. The third-order valence-electron chi connectivity index (χ3n) is 3.51. The number of rotatable bonds is 5. The fourth-order valence-corrected chi connectivity index (χ4v) is 1.45. The van der Waals surface area contributed by atoms with E-state index >= 15 is 0 Å². The molecule has 0 aromatic carbocycles. The molecular formula is C11H23NO. The van der Waals surface area contributed by atoms with E-state index in [1.54, 1.807) is 0 Å². The third kappa shape index (κ3) is 2.96. The maximum Gasteiger partial charge on any atom is 0.0718 e. The molecule has 0 saturated heterocycles. The molecule has 1 aliphatic carbocycles. The van der Waals surface area contributed by atoms with Gasteiger partial charge in [-0.2, -0.15) is 0 Å². The average molecular weight is 185 g/mol. The molecule has 1 atom stereocenters. The zero-order valence-electron chi connectivity index (χ0n) is 9.38. The number of nitrogens with zero attached hydrogens (tertiary/aromatic N) is 1. The first-order chi connectivity index (χ1) is 5.94. The van der Waals surface area contributed by atoms with Crippen LogP contribution in [0.15, 0.2) is 0 Å². The summed E-state index contributed by atoms with van der Waals surface area (Å²) >= 11 is 0. The minimum Gasteiger partial charge on any atom is -0.391 e. The van der Waals surface area contributed by atoms with Crippen LogP contribution in [0.1, 0.15) is 39.5 Å². The summed E-state index contributed by atoms with van der Waals surface area (Å²) in [5.41, 5.74) is -0.0884. The van der Waals surface area contributed by atoms with Crippen molar-refractivity contribution >= 4 is 0 Å². The van der Waals surface area contributed by atoms with Crippen molar-refractivity contribution in [2.24, 2.45) is 5.92 Å². The Morgan fingerprint density at radius 3 is 2.31 bits per heavy atom. The summed E-state index contributed by atoms with van der Waals surface area (Å²) in [6.07, 6.45) is 4.74. The van der Waals surface area contributed by atoms with E-state index in [0.717, 1.165) is 12.3 Å². The van der Waals surface area contributed by atoms with Crippen LogP contribution in [0.25, 0.3) is 0 Å². The Hall–Kier alpha value is -0.0800. The second-order valence-electron chi connectivity index (χ2n) is 5.08. The van der Waals surface area contributed by atoms with E-state index in [1.807, 2.05) is 14.1 Å². The summed E-state index contributed by atoms with van der Waals surface area (Å²) in [6.45, 7) is 4.20. The smallest absolute Gasteiger partial charge is 0.0718 e. The molecule has 0 aliphatic heterocycles. The van der Waals surface area contributed by atoms with Crippen molar-refractivity contribution in [1.29, 1.82) is 0 Å². The number of likely N-dealkylation sites (N-methyl/N-ethyl adjacent to an activating group) is 1. The Bertz CT molecular complexity index is 161. The largest absolute Gasteiger partial charge is 0.391 e. The zero-order valence-corrected chi connectivity index (χ0v) is 9.38. The Morgan fingerprint density at radius 2 is 1.92 bits per heavy atom. The molecule has 78 valence electrons. The fourth-order valence-electron chi connectivity index (χ4n) is 1.45. The SMILES string of the molecule is CN(C)C(C)(C)C(O)CCC1CC1. The normalized spacial score (nSPS) is 20.8. The highest BCUT2D eigenvalue weighted by atomic mass is 16.3. The molecule has 0 amide bonds. The lowest BCUT2D eigenvalue weighted by Crippen LogP contribution is -2.48. The number of aliphatic hydroxyl groups excluding tert-OH is 1.